The second-order valence-electron chi connectivity index (χ2n) is 4.79. The molecule has 0 saturated carbocycles. The third-order valence-electron chi connectivity index (χ3n) is 3.16. The number of aliphatic hydroxyl groups excluding tert-OH is 1. The Morgan fingerprint density at radius 2 is 2.05 bits per heavy atom. The molecule has 19 heavy (non-hydrogen) atoms. The highest BCUT2D eigenvalue weighted by Crippen LogP contribution is 2.27. The van der Waals surface area contributed by atoms with E-state index in [-0.39, 0.29) is 16.7 Å². The van der Waals surface area contributed by atoms with E-state index in [4.69, 9.17) is 0 Å². The Labute approximate surface area is 127 Å². The van der Waals surface area contributed by atoms with Crippen LogP contribution in [0.2, 0.25) is 0 Å². The lowest BCUT2D eigenvalue weighted by Gasteiger charge is -2.28. The quantitative estimate of drug-likeness (QED) is 0.776. The number of hydrogen-bond acceptors (Lipinski definition) is 4. The molecule has 0 aliphatic heterocycles. The van der Waals surface area contributed by atoms with Crippen LogP contribution in [0, 0.1) is 11.8 Å². The van der Waals surface area contributed by atoms with E-state index < -0.39 is 16.1 Å². The number of rotatable bonds is 7. The van der Waals surface area contributed by atoms with Crippen LogP contribution < -0.4 is 4.72 Å². The Balaban J connectivity index is 2.91. The number of sulfonamides is 1. The number of thiophene rings is 1. The molecule has 0 fully saturated rings. The van der Waals surface area contributed by atoms with E-state index in [9.17, 15) is 13.5 Å². The van der Waals surface area contributed by atoms with E-state index in [0.717, 1.165) is 21.5 Å². The Morgan fingerprint density at radius 3 is 2.42 bits per heavy atom. The molecule has 0 aliphatic carbocycles. The molecular formula is C12H20BrNO3S2. The highest BCUT2D eigenvalue weighted by molar-refractivity contribution is 9.11. The standard InChI is InChI=1S/C12H20BrNO3S2/c1-4-9(8(2)3)10(7-15)14-19(16,17)12-6-5-11(13)18-12/h5-6,8-10,14-15H,4,7H2,1-3H3. The van der Waals surface area contributed by atoms with Crippen molar-refractivity contribution in [2.24, 2.45) is 11.8 Å². The van der Waals surface area contributed by atoms with Crippen molar-refractivity contribution in [3.8, 4) is 0 Å². The normalized spacial score (nSPS) is 15.7. The van der Waals surface area contributed by atoms with E-state index in [0.29, 0.717) is 5.92 Å². The van der Waals surface area contributed by atoms with E-state index in [1.165, 1.54) is 0 Å². The maximum Gasteiger partial charge on any atom is 0.250 e. The molecule has 1 aromatic rings. The van der Waals surface area contributed by atoms with Crippen LogP contribution in [-0.2, 0) is 10.0 Å². The van der Waals surface area contributed by atoms with Gasteiger partial charge in [0, 0.05) is 6.04 Å². The van der Waals surface area contributed by atoms with Gasteiger partial charge in [-0.05, 0) is 39.9 Å². The minimum atomic E-state index is -3.56. The molecule has 1 rings (SSSR count). The lowest BCUT2D eigenvalue weighted by Crippen LogP contribution is -2.44. The van der Waals surface area contributed by atoms with Crippen molar-refractivity contribution in [3.05, 3.63) is 15.9 Å². The van der Waals surface area contributed by atoms with Crippen molar-refractivity contribution in [1.29, 1.82) is 0 Å². The molecule has 2 atom stereocenters. The molecule has 0 radical (unpaired) electrons. The van der Waals surface area contributed by atoms with Gasteiger partial charge < -0.3 is 5.11 Å². The fourth-order valence-corrected chi connectivity index (χ4v) is 5.48. The van der Waals surface area contributed by atoms with Crippen LogP contribution in [0.15, 0.2) is 20.1 Å². The van der Waals surface area contributed by atoms with Gasteiger partial charge in [0.15, 0.2) is 0 Å². The van der Waals surface area contributed by atoms with Gasteiger partial charge in [-0.1, -0.05) is 27.2 Å². The Kier molecular flexibility index (Phi) is 6.46. The molecular weight excluding hydrogens is 350 g/mol. The summed E-state index contributed by atoms with van der Waals surface area (Å²) >= 11 is 4.41. The van der Waals surface area contributed by atoms with E-state index in [2.05, 4.69) is 20.7 Å². The van der Waals surface area contributed by atoms with Crippen LogP contribution in [0.5, 0.6) is 0 Å². The Morgan fingerprint density at radius 1 is 1.42 bits per heavy atom. The van der Waals surface area contributed by atoms with E-state index in [1.807, 2.05) is 20.8 Å². The van der Waals surface area contributed by atoms with E-state index >= 15 is 0 Å². The molecule has 0 aromatic carbocycles. The molecule has 0 spiro atoms. The van der Waals surface area contributed by atoms with Gasteiger partial charge >= 0.3 is 0 Å². The van der Waals surface area contributed by atoms with Gasteiger partial charge in [-0.2, -0.15) is 0 Å². The molecule has 1 heterocycles. The van der Waals surface area contributed by atoms with Gasteiger partial charge in [0.05, 0.1) is 10.4 Å². The number of halogens is 1. The average Bonchev–Trinajstić information content (AvgIpc) is 2.75. The summed E-state index contributed by atoms with van der Waals surface area (Å²) < 4.78 is 28.1. The molecule has 2 unspecified atom stereocenters. The third-order valence-corrected chi connectivity index (χ3v) is 6.77. The molecule has 110 valence electrons. The van der Waals surface area contributed by atoms with Gasteiger partial charge in [-0.15, -0.1) is 11.3 Å². The Bertz CT molecular complexity index is 499. The second kappa shape index (κ2) is 7.17. The predicted octanol–water partition coefficient (Wildman–Crippen LogP) is 2.83. The summed E-state index contributed by atoms with van der Waals surface area (Å²) in [7, 11) is -3.56. The molecule has 2 N–H and O–H groups in total. The van der Waals surface area contributed by atoms with Crippen LogP contribution in [-0.4, -0.2) is 26.2 Å². The SMILES string of the molecule is CCC(C(C)C)C(CO)NS(=O)(=O)c1ccc(Br)s1. The van der Waals surface area contributed by atoms with Crippen LogP contribution in [0.4, 0.5) is 0 Å². The van der Waals surface area contributed by atoms with Gasteiger partial charge in [-0.25, -0.2) is 13.1 Å². The first-order valence-electron chi connectivity index (χ1n) is 6.20. The van der Waals surface area contributed by atoms with Gasteiger partial charge in [0.1, 0.15) is 4.21 Å². The summed E-state index contributed by atoms with van der Waals surface area (Å²) in [5.41, 5.74) is 0. The third kappa shape index (κ3) is 4.53. The minimum absolute atomic E-state index is 0.114. The summed E-state index contributed by atoms with van der Waals surface area (Å²) in [5.74, 6) is 0.420. The first-order valence-corrected chi connectivity index (χ1v) is 9.29. The topological polar surface area (TPSA) is 66.4 Å². The van der Waals surface area contributed by atoms with Crippen molar-refractivity contribution >= 4 is 37.3 Å². The van der Waals surface area contributed by atoms with Crippen LogP contribution in [0.1, 0.15) is 27.2 Å². The van der Waals surface area contributed by atoms with Crippen molar-refractivity contribution in [2.75, 3.05) is 6.61 Å². The Hall–Kier alpha value is 0.0500. The lowest BCUT2D eigenvalue weighted by atomic mass is 9.87. The summed E-state index contributed by atoms with van der Waals surface area (Å²) in [4.78, 5) is 0. The zero-order valence-electron chi connectivity index (χ0n) is 11.3. The smallest absolute Gasteiger partial charge is 0.250 e. The van der Waals surface area contributed by atoms with Crippen molar-refractivity contribution < 1.29 is 13.5 Å². The first kappa shape index (κ1) is 17.1. The molecule has 0 amide bonds. The molecule has 0 bridgehead atoms. The fraction of sp³-hybridized carbons (Fsp3) is 0.667. The van der Waals surface area contributed by atoms with Crippen molar-refractivity contribution in [1.82, 2.24) is 4.72 Å². The largest absolute Gasteiger partial charge is 0.395 e. The molecule has 7 heteroatoms. The zero-order chi connectivity index (χ0) is 14.6. The van der Waals surface area contributed by atoms with Crippen LogP contribution >= 0.6 is 27.3 Å². The predicted molar refractivity (Wildman–Crippen MR) is 81.8 cm³/mol. The maximum absolute atomic E-state index is 12.2. The highest BCUT2D eigenvalue weighted by atomic mass is 79.9. The lowest BCUT2D eigenvalue weighted by molar-refractivity contribution is 0.184. The molecule has 0 saturated heterocycles. The maximum atomic E-state index is 12.2. The van der Waals surface area contributed by atoms with Crippen LogP contribution in [0.3, 0.4) is 0 Å². The molecule has 0 aliphatic rings. The van der Waals surface area contributed by atoms with Gasteiger partial charge in [0.2, 0.25) is 10.0 Å². The summed E-state index contributed by atoms with van der Waals surface area (Å²) in [6.45, 7) is 5.88. The summed E-state index contributed by atoms with van der Waals surface area (Å²) in [5, 5.41) is 9.46. The fourth-order valence-electron chi connectivity index (χ4n) is 2.18. The monoisotopic (exact) mass is 369 g/mol. The van der Waals surface area contributed by atoms with Gasteiger partial charge in [-0.3, -0.25) is 0 Å². The number of aliphatic hydroxyl groups is 1. The first-order chi connectivity index (χ1) is 8.81. The average molecular weight is 370 g/mol. The molecule has 4 nitrogen and oxygen atoms in total. The zero-order valence-corrected chi connectivity index (χ0v) is 14.5. The highest BCUT2D eigenvalue weighted by Gasteiger charge is 2.28. The van der Waals surface area contributed by atoms with Crippen LogP contribution in [0.25, 0.3) is 0 Å². The van der Waals surface area contributed by atoms with E-state index in [1.54, 1.807) is 12.1 Å². The number of nitrogens with one attached hydrogen (secondary N) is 1. The van der Waals surface area contributed by atoms with Crippen molar-refractivity contribution in [3.63, 3.8) is 0 Å². The van der Waals surface area contributed by atoms with Gasteiger partial charge in [0.25, 0.3) is 0 Å². The number of hydrogen-bond donors (Lipinski definition) is 2. The minimum Gasteiger partial charge on any atom is -0.395 e. The second-order valence-corrected chi connectivity index (χ2v) is 9.19. The van der Waals surface area contributed by atoms with Crippen molar-refractivity contribution in [2.45, 2.75) is 37.4 Å². The summed E-state index contributed by atoms with van der Waals surface area (Å²) in [6, 6.07) is 2.81. The summed E-state index contributed by atoms with van der Waals surface area (Å²) in [6.07, 6.45) is 0.819. The molecule has 1 aromatic heterocycles.